The van der Waals surface area contributed by atoms with Crippen molar-refractivity contribution < 1.29 is 14.3 Å². The number of carbonyl (C=O) groups is 2. The molecule has 25 heavy (non-hydrogen) atoms. The number of fused-ring (bicyclic) bond motifs is 1. The Morgan fingerprint density at radius 3 is 1.64 bits per heavy atom. The van der Waals surface area contributed by atoms with Gasteiger partial charge in [0.15, 0.2) is 0 Å². The summed E-state index contributed by atoms with van der Waals surface area (Å²) in [4.78, 5) is 26.3. The van der Waals surface area contributed by atoms with E-state index in [-0.39, 0.29) is 11.8 Å². The second-order valence-corrected chi connectivity index (χ2v) is 5.77. The Balaban J connectivity index is 1.65. The zero-order valence-electron chi connectivity index (χ0n) is 13.6. The van der Waals surface area contributed by atoms with Gasteiger partial charge in [0, 0.05) is 0 Å². The van der Waals surface area contributed by atoms with Gasteiger partial charge in [-0.25, -0.2) is 4.90 Å². The molecule has 4 rings (SSSR count). The number of ether oxygens (including phenoxy) is 1. The average Bonchev–Trinajstić information content (AvgIpc) is 2.93. The van der Waals surface area contributed by atoms with E-state index in [0.717, 1.165) is 16.9 Å². The molecule has 3 aromatic rings. The van der Waals surface area contributed by atoms with Crippen molar-refractivity contribution in [3.63, 3.8) is 0 Å². The zero-order valence-corrected chi connectivity index (χ0v) is 13.6. The van der Waals surface area contributed by atoms with Crippen LogP contribution >= 0.6 is 0 Å². The first-order valence-electron chi connectivity index (χ1n) is 7.91. The number of nitrogens with zero attached hydrogens (tertiary/aromatic N) is 1. The molecule has 0 bridgehead atoms. The first-order chi connectivity index (χ1) is 12.2. The van der Waals surface area contributed by atoms with Crippen molar-refractivity contribution in [3.8, 4) is 16.9 Å². The molecule has 0 saturated heterocycles. The van der Waals surface area contributed by atoms with Crippen LogP contribution in [0.4, 0.5) is 5.69 Å². The second kappa shape index (κ2) is 5.91. The first-order valence-corrected chi connectivity index (χ1v) is 7.91. The molecule has 0 aromatic heterocycles. The van der Waals surface area contributed by atoms with Crippen LogP contribution in [0.15, 0.2) is 72.8 Å². The van der Waals surface area contributed by atoms with Gasteiger partial charge in [-0.3, -0.25) is 9.59 Å². The van der Waals surface area contributed by atoms with Crippen LogP contribution in [-0.4, -0.2) is 18.9 Å². The maximum atomic E-state index is 12.5. The molecule has 122 valence electrons. The second-order valence-electron chi connectivity index (χ2n) is 5.77. The zero-order chi connectivity index (χ0) is 17.4. The number of hydrogen-bond acceptors (Lipinski definition) is 3. The summed E-state index contributed by atoms with van der Waals surface area (Å²) in [5.74, 6) is 0.238. The van der Waals surface area contributed by atoms with Crippen LogP contribution in [0.5, 0.6) is 5.75 Å². The average molecular weight is 329 g/mol. The summed E-state index contributed by atoms with van der Waals surface area (Å²) < 4.78 is 5.16. The van der Waals surface area contributed by atoms with Crippen LogP contribution < -0.4 is 9.64 Å². The number of benzene rings is 3. The first kappa shape index (κ1) is 15.1. The van der Waals surface area contributed by atoms with Crippen molar-refractivity contribution in [2.75, 3.05) is 12.0 Å². The molecule has 0 aliphatic carbocycles. The number of imide groups is 1. The van der Waals surface area contributed by atoms with Crippen molar-refractivity contribution in [2.45, 2.75) is 0 Å². The van der Waals surface area contributed by atoms with E-state index in [0.29, 0.717) is 16.8 Å². The Bertz CT molecular complexity index is 924. The van der Waals surface area contributed by atoms with Crippen LogP contribution in [0.2, 0.25) is 0 Å². The van der Waals surface area contributed by atoms with Crippen LogP contribution in [0.25, 0.3) is 11.1 Å². The summed E-state index contributed by atoms with van der Waals surface area (Å²) in [7, 11) is 1.63. The van der Waals surface area contributed by atoms with Crippen molar-refractivity contribution in [1.29, 1.82) is 0 Å². The van der Waals surface area contributed by atoms with Gasteiger partial charge in [0.25, 0.3) is 11.8 Å². The smallest absolute Gasteiger partial charge is 0.266 e. The van der Waals surface area contributed by atoms with E-state index in [1.165, 1.54) is 4.90 Å². The Hall–Kier alpha value is -3.40. The van der Waals surface area contributed by atoms with E-state index in [4.69, 9.17) is 4.74 Å². The number of anilines is 1. The molecule has 2 amide bonds. The van der Waals surface area contributed by atoms with Gasteiger partial charge in [-0.15, -0.1) is 0 Å². The number of rotatable bonds is 3. The van der Waals surface area contributed by atoms with Crippen LogP contribution in [-0.2, 0) is 0 Å². The van der Waals surface area contributed by atoms with Crippen LogP contribution in [0, 0.1) is 0 Å². The van der Waals surface area contributed by atoms with Gasteiger partial charge in [-0.05, 0) is 47.5 Å². The highest BCUT2D eigenvalue weighted by Gasteiger charge is 2.36. The van der Waals surface area contributed by atoms with Gasteiger partial charge in [0.05, 0.1) is 23.9 Å². The highest BCUT2D eigenvalue weighted by molar-refractivity contribution is 6.34. The van der Waals surface area contributed by atoms with E-state index in [1.807, 2.05) is 36.4 Å². The maximum absolute atomic E-state index is 12.5. The van der Waals surface area contributed by atoms with Crippen LogP contribution in [0.1, 0.15) is 20.7 Å². The monoisotopic (exact) mass is 329 g/mol. The topological polar surface area (TPSA) is 46.6 Å². The molecular formula is C21H15NO3. The van der Waals surface area contributed by atoms with E-state index >= 15 is 0 Å². The third-order valence-electron chi connectivity index (χ3n) is 4.34. The molecule has 0 radical (unpaired) electrons. The van der Waals surface area contributed by atoms with Gasteiger partial charge < -0.3 is 4.74 Å². The molecule has 0 atom stereocenters. The lowest BCUT2D eigenvalue weighted by molar-refractivity contribution is 0.0926. The fourth-order valence-electron chi connectivity index (χ4n) is 3.01. The lowest BCUT2D eigenvalue weighted by atomic mass is 10.1. The Morgan fingerprint density at radius 2 is 1.16 bits per heavy atom. The molecule has 0 N–H and O–H groups in total. The lowest BCUT2D eigenvalue weighted by Gasteiger charge is -2.14. The molecule has 4 nitrogen and oxygen atoms in total. The van der Waals surface area contributed by atoms with Gasteiger partial charge in [0.1, 0.15) is 5.75 Å². The van der Waals surface area contributed by atoms with E-state index in [1.54, 1.807) is 43.5 Å². The minimum atomic E-state index is -0.280. The Labute approximate surface area is 145 Å². The number of amides is 2. The largest absolute Gasteiger partial charge is 0.497 e. The highest BCUT2D eigenvalue weighted by atomic mass is 16.5. The van der Waals surface area contributed by atoms with E-state index in [2.05, 4.69) is 0 Å². The molecule has 0 fully saturated rings. The molecule has 0 unspecified atom stereocenters. The maximum Gasteiger partial charge on any atom is 0.266 e. The number of carbonyl (C=O) groups excluding carboxylic acids is 2. The third kappa shape index (κ3) is 2.48. The van der Waals surface area contributed by atoms with Crippen LogP contribution in [0.3, 0.4) is 0 Å². The van der Waals surface area contributed by atoms with Crippen molar-refractivity contribution in [1.82, 2.24) is 0 Å². The predicted molar refractivity (Wildman–Crippen MR) is 96.0 cm³/mol. The third-order valence-corrected chi connectivity index (χ3v) is 4.34. The van der Waals surface area contributed by atoms with E-state index in [9.17, 15) is 9.59 Å². The fourth-order valence-corrected chi connectivity index (χ4v) is 3.01. The van der Waals surface area contributed by atoms with E-state index < -0.39 is 0 Å². The minimum absolute atomic E-state index is 0.280. The molecule has 0 spiro atoms. The van der Waals surface area contributed by atoms with Crippen molar-refractivity contribution >= 4 is 17.5 Å². The summed E-state index contributed by atoms with van der Waals surface area (Å²) in [5, 5.41) is 0. The van der Waals surface area contributed by atoms with Gasteiger partial charge in [-0.2, -0.15) is 0 Å². The summed E-state index contributed by atoms with van der Waals surface area (Å²) >= 11 is 0. The molecule has 0 saturated carbocycles. The molecule has 3 aromatic carbocycles. The molecular weight excluding hydrogens is 314 g/mol. The Morgan fingerprint density at radius 1 is 0.680 bits per heavy atom. The SMILES string of the molecule is COc1ccc(-c2ccc(N3C(=O)c4ccccc4C3=O)cc2)cc1. The lowest BCUT2D eigenvalue weighted by Crippen LogP contribution is -2.29. The summed E-state index contributed by atoms with van der Waals surface area (Å²) in [6, 6.07) is 22.0. The molecule has 1 aliphatic heterocycles. The highest BCUT2D eigenvalue weighted by Crippen LogP contribution is 2.30. The van der Waals surface area contributed by atoms with Crippen molar-refractivity contribution in [3.05, 3.63) is 83.9 Å². The van der Waals surface area contributed by atoms with Crippen molar-refractivity contribution in [2.24, 2.45) is 0 Å². The fraction of sp³-hybridized carbons (Fsp3) is 0.0476. The van der Waals surface area contributed by atoms with Gasteiger partial charge in [0.2, 0.25) is 0 Å². The van der Waals surface area contributed by atoms with Gasteiger partial charge >= 0.3 is 0 Å². The quantitative estimate of drug-likeness (QED) is 0.678. The molecule has 4 heteroatoms. The molecule has 1 heterocycles. The Kier molecular flexibility index (Phi) is 3.58. The number of hydrogen-bond donors (Lipinski definition) is 0. The normalized spacial score (nSPS) is 13.1. The number of methoxy groups -OCH3 is 1. The standard InChI is InChI=1S/C21H15NO3/c1-25-17-12-8-15(9-13-17)14-6-10-16(11-7-14)22-20(23)18-4-2-3-5-19(18)21(22)24/h2-13H,1H3. The minimum Gasteiger partial charge on any atom is -0.497 e. The summed E-state index contributed by atoms with van der Waals surface area (Å²) in [5.41, 5.74) is 3.51. The summed E-state index contributed by atoms with van der Waals surface area (Å²) in [6.07, 6.45) is 0. The molecule has 1 aliphatic rings. The summed E-state index contributed by atoms with van der Waals surface area (Å²) in [6.45, 7) is 0. The predicted octanol–water partition coefficient (Wildman–Crippen LogP) is 4.16. The van der Waals surface area contributed by atoms with Gasteiger partial charge in [-0.1, -0.05) is 36.4 Å².